The highest BCUT2D eigenvalue weighted by atomic mass is 14.9. The van der Waals surface area contributed by atoms with E-state index in [2.05, 4.69) is 15.3 Å². The van der Waals surface area contributed by atoms with E-state index in [1.807, 2.05) is 43.7 Å². The molecule has 0 aromatic carbocycles. The molecular weight excluding hydrogens is 174 g/mol. The smallest absolute Gasteiger partial charge is 0.125 e. The number of hydrogen-bond acceptors (Lipinski definition) is 3. The molecule has 14 heavy (non-hydrogen) atoms. The van der Waals surface area contributed by atoms with Gasteiger partial charge in [0.15, 0.2) is 0 Å². The van der Waals surface area contributed by atoms with Crippen molar-refractivity contribution in [2.24, 2.45) is 0 Å². The molecule has 2 heterocycles. The van der Waals surface area contributed by atoms with Gasteiger partial charge in [-0.15, -0.1) is 0 Å². The van der Waals surface area contributed by atoms with Crippen LogP contribution in [-0.2, 0) is 0 Å². The lowest BCUT2D eigenvalue weighted by Crippen LogP contribution is -1.91. The van der Waals surface area contributed by atoms with E-state index >= 15 is 0 Å². The van der Waals surface area contributed by atoms with E-state index in [1.165, 1.54) is 0 Å². The monoisotopic (exact) mass is 185 g/mol. The van der Waals surface area contributed by atoms with Gasteiger partial charge in [-0.2, -0.15) is 0 Å². The van der Waals surface area contributed by atoms with Gasteiger partial charge in [0.2, 0.25) is 0 Å². The topological polar surface area (TPSA) is 37.8 Å². The van der Waals surface area contributed by atoms with E-state index in [1.54, 1.807) is 6.20 Å². The molecule has 1 N–H and O–H groups in total. The molecule has 3 nitrogen and oxygen atoms in total. The summed E-state index contributed by atoms with van der Waals surface area (Å²) in [6.07, 6.45) is 5.43. The summed E-state index contributed by atoms with van der Waals surface area (Å²) < 4.78 is 0. The summed E-state index contributed by atoms with van der Waals surface area (Å²) in [5.41, 5.74) is 2.17. The summed E-state index contributed by atoms with van der Waals surface area (Å²) in [6.45, 7) is 0. The van der Waals surface area contributed by atoms with Crippen LogP contribution in [0.4, 0.5) is 5.82 Å². The number of aromatic nitrogens is 2. The fourth-order valence-electron chi connectivity index (χ4n) is 1.25. The fourth-order valence-corrected chi connectivity index (χ4v) is 1.25. The highest BCUT2D eigenvalue weighted by Crippen LogP contribution is 2.17. The molecule has 0 saturated carbocycles. The van der Waals surface area contributed by atoms with Crippen LogP contribution in [0.2, 0.25) is 0 Å². The Morgan fingerprint density at radius 1 is 1.07 bits per heavy atom. The zero-order valence-corrected chi connectivity index (χ0v) is 7.94. The Morgan fingerprint density at radius 2 is 1.93 bits per heavy atom. The molecule has 2 rings (SSSR count). The van der Waals surface area contributed by atoms with Crippen molar-refractivity contribution in [3.63, 3.8) is 0 Å². The molecule has 0 aliphatic carbocycles. The van der Waals surface area contributed by atoms with Crippen molar-refractivity contribution in [2.75, 3.05) is 12.4 Å². The van der Waals surface area contributed by atoms with Gasteiger partial charge in [-0.3, -0.25) is 4.98 Å². The van der Waals surface area contributed by atoms with Crippen LogP contribution in [0.25, 0.3) is 11.1 Å². The first-order valence-electron chi connectivity index (χ1n) is 4.44. The Balaban J connectivity index is 2.34. The van der Waals surface area contributed by atoms with Gasteiger partial charge < -0.3 is 5.32 Å². The second-order valence-corrected chi connectivity index (χ2v) is 2.92. The number of hydrogen-bond donors (Lipinski definition) is 1. The van der Waals surface area contributed by atoms with Crippen LogP contribution in [0.3, 0.4) is 0 Å². The first kappa shape index (κ1) is 8.69. The molecule has 0 saturated heterocycles. The third kappa shape index (κ3) is 1.71. The average Bonchev–Trinajstić information content (AvgIpc) is 2.30. The van der Waals surface area contributed by atoms with E-state index in [-0.39, 0.29) is 0 Å². The molecule has 70 valence electrons. The molecule has 0 radical (unpaired) electrons. The lowest BCUT2D eigenvalue weighted by atomic mass is 10.1. The molecule has 0 atom stereocenters. The van der Waals surface area contributed by atoms with Gasteiger partial charge in [0.1, 0.15) is 5.82 Å². The largest absolute Gasteiger partial charge is 0.373 e. The maximum atomic E-state index is 4.23. The number of nitrogens with one attached hydrogen (secondary N) is 1. The zero-order valence-electron chi connectivity index (χ0n) is 7.94. The second-order valence-electron chi connectivity index (χ2n) is 2.92. The van der Waals surface area contributed by atoms with Crippen LogP contribution in [0, 0.1) is 0 Å². The van der Waals surface area contributed by atoms with Crippen LogP contribution >= 0.6 is 0 Å². The molecule has 2 aromatic rings. The van der Waals surface area contributed by atoms with Crippen molar-refractivity contribution in [3.8, 4) is 11.1 Å². The third-order valence-electron chi connectivity index (χ3n) is 2.01. The molecule has 0 fully saturated rings. The van der Waals surface area contributed by atoms with Gasteiger partial charge >= 0.3 is 0 Å². The Hall–Kier alpha value is -1.90. The van der Waals surface area contributed by atoms with Gasteiger partial charge in [0, 0.05) is 36.8 Å². The van der Waals surface area contributed by atoms with E-state index in [4.69, 9.17) is 0 Å². The quantitative estimate of drug-likeness (QED) is 0.779. The fraction of sp³-hybridized carbons (Fsp3) is 0.0909. The predicted octanol–water partition coefficient (Wildman–Crippen LogP) is 2.19. The Bertz CT molecular complexity index is 395. The Labute approximate surface area is 82.8 Å². The van der Waals surface area contributed by atoms with Crippen LogP contribution in [0.15, 0.2) is 42.9 Å². The predicted molar refractivity (Wildman–Crippen MR) is 57.0 cm³/mol. The third-order valence-corrected chi connectivity index (χ3v) is 2.01. The molecular formula is C11H11N3. The van der Waals surface area contributed by atoms with E-state index in [9.17, 15) is 0 Å². The molecule has 0 bridgehead atoms. The van der Waals surface area contributed by atoms with Crippen LogP contribution in [-0.4, -0.2) is 17.0 Å². The van der Waals surface area contributed by atoms with Crippen molar-refractivity contribution in [3.05, 3.63) is 42.9 Å². The van der Waals surface area contributed by atoms with Crippen LogP contribution < -0.4 is 5.32 Å². The standard InChI is InChI=1S/C11H11N3/c1-12-11-5-4-10(8-14-11)9-3-2-6-13-7-9/h2-8H,1H3,(H,12,14). The summed E-state index contributed by atoms with van der Waals surface area (Å²) >= 11 is 0. The molecule has 0 spiro atoms. The molecule has 2 aromatic heterocycles. The van der Waals surface area contributed by atoms with E-state index in [0.29, 0.717) is 0 Å². The van der Waals surface area contributed by atoms with Crippen molar-refractivity contribution >= 4 is 5.82 Å². The van der Waals surface area contributed by atoms with Gasteiger partial charge in [-0.25, -0.2) is 4.98 Å². The van der Waals surface area contributed by atoms with E-state index < -0.39 is 0 Å². The lowest BCUT2D eigenvalue weighted by Gasteiger charge is -2.01. The van der Waals surface area contributed by atoms with Crippen molar-refractivity contribution in [2.45, 2.75) is 0 Å². The number of pyridine rings is 2. The Morgan fingerprint density at radius 3 is 2.50 bits per heavy atom. The van der Waals surface area contributed by atoms with Gasteiger partial charge in [-0.05, 0) is 18.2 Å². The molecule has 0 amide bonds. The summed E-state index contributed by atoms with van der Waals surface area (Å²) in [6, 6.07) is 7.91. The minimum Gasteiger partial charge on any atom is -0.373 e. The van der Waals surface area contributed by atoms with Gasteiger partial charge in [-0.1, -0.05) is 6.07 Å². The molecule has 0 unspecified atom stereocenters. The minimum atomic E-state index is 0.873. The van der Waals surface area contributed by atoms with Crippen molar-refractivity contribution < 1.29 is 0 Å². The maximum absolute atomic E-state index is 4.23. The molecule has 0 aliphatic heterocycles. The second kappa shape index (κ2) is 3.87. The summed E-state index contributed by atoms with van der Waals surface area (Å²) in [4.78, 5) is 8.29. The Kier molecular flexibility index (Phi) is 2.40. The normalized spacial score (nSPS) is 9.79. The zero-order chi connectivity index (χ0) is 9.80. The maximum Gasteiger partial charge on any atom is 0.125 e. The average molecular weight is 185 g/mol. The summed E-state index contributed by atoms with van der Waals surface area (Å²) in [5.74, 6) is 0.873. The summed E-state index contributed by atoms with van der Waals surface area (Å²) in [5, 5.41) is 2.98. The van der Waals surface area contributed by atoms with Crippen LogP contribution in [0.1, 0.15) is 0 Å². The van der Waals surface area contributed by atoms with Crippen molar-refractivity contribution in [1.29, 1.82) is 0 Å². The highest BCUT2D eigenvalue weighted by molar-refractivity contribution is 5.62. The number of nitrogens with zero attached hydrogens (tertiary/aromatic N) is 2. The van der Waals surface area contributed by atoms with Gasteiger partial charge in [0.05, 0.1) is 0 Å². The summed E-state index contributed by atoms with van der Waals surface area (Å²) in [7, 11) is 1.85. The molecule has 3 heteroatoms. The van der Waals surface area contributed by atoms with E-state index in [0.717, 1.165) is 16.9 Å². The van der Waals surface area contributed by atoms with Gasteiger partial charge in [0.25, 0.3) is 0 Å². The first-order chi connectivity index (χ1) is 6.90. The SMILES string of the molecule is CNc1ccc(-c2cccnc2)cn1. The lowest BCUT2D eigenvalue weighted by molar-refractivity contribution is 1.27. The first-order valence-corrected chi connectivity index (χ1v) is 4.44. The number of anilines is 1. The van der Waals surface area contributed by atoms with Crippen LogP contribution in [0.5, 0.6) is 0 Å². The number of rotatable bonds is 2. The highest BCUT2D eigenvalue weighted by Gasteiger charge is 1.96. The minimum absolute atomic E-state index is 0.873. The van der Waals surface area contributed by atoms with Crippen molar-refractivity contribution in [1.82, 2.24) is 9.97 Å². The molecule has 0 aliphatic rings.